The molecule has 2 nitrogen and oxygen atoms in total. The summed E-state index contributed by atoms with van der Waals surface area (Å²) < 4.78 is 0.986. The molecule has 0 radical (unpaired) electrons. The first-order chi connectivity index (χ1) is 4.20. The fourth-order valence-corrected chi connectivity index (χ4v) is 1.34. The van der Waals surface area contributed by atoms with Crippen molar-refractivity contribution in [3.05, 3.63) is 10.6 Å². The fraction of sp³-hybridized carbons (Fsp3) is 0.667. The van der Waals surface area contributed by atoms with Gasteiger partial charge in [-0.25, -0.2) is 0 Å². The Morgan fingerprint density at radius 3 is 2.67 bits per heavy atom. The summed E-state index contributed by atoms with van der Waals surface area (Å²) in [6.07, 6.45) is 1.88. The second-order valence-corrected chi connectivity index (χ2v) is 3.23. The van der Waals surface area contributed by atoms with Crippen LogP contribution in [0.25, 0.3) is 0 Å². The molecule has 9 heavy (non-hydrogen) atoms. The van der Waals surface area contributed by atoms with Crippen molar-refractivity contribution in [3.63, 3.8) is 0 Å². The molecule has 0 bridgehead atoms. The minimum absolute atomic E-state index is 0.564. The van der Waals surface area contributed by atoms with E-state index in [1.807, 2.05) is 0 Å². The molecular weight excluding hydrogens is 184 g/mol. The molecule has 1 aliphatic carbocycles. The zero-order chi connectivity index (χ0) is 6.85. The number of rotatable bonds is 0. The second kappa shape index (κ2) is 2.82. The van der Waals surface area contributed by atoms with Crippen LogP contribution in [0.15, 0.2) is 10.6 Å². The van der Waals surface area contributed by atoms with E-state index in [4.69, 9.17) is 10.2 Å². The number of aliphatic hydroxyl groups excluding tert-OH is 2. The standard InChI is InChI=1S/C6H9BrO2/c7-4-1-2-5(8)6(9)3-4/h3,5-6,8-9H,1-2H2/t5-,6-/m1/s1. The molecule has 1 aliphatic rings. The highest BCUT2D eigenvalue weighted by molar-refractivity contribution is 9.11. The predicted molar refractivity (Wildman–Crippen MR) is 38.3 cm³/mol. The fourth-order valence-electron chi connectivity index (χ4n) is 0.836. The van der Waals surface area contributed by atoms with Gasteiger partial charge >= 0.3 is 0 Å². The molecular formula is C6H9BrO2. The van der Waals surface area contributed by atoms with Crippen LogP contribution in [-0.4, -0.2) is 22.4 Å². The van der Waals surface area contributed by atoms with Crippen LogP contribution in [0, 0.1) is 0 Å². The van der Waals surface area contributed by atoms with Crippen LogP contribution in [-0.2, 0) is 0 Å². The quantitative estimate of drug-likeness (QED) is 0.596. The van der Waals surface area contributed by atoms with E-state index >= 15 is 0 Å². The molecule has 1 rings (SSSR count). The monoisotopic (exact) mass is 192 g/mol. The van der Waals surface area contributed by atoms with Crippen molar-refractivity contribution in [2.24, 2.45) is 0 Å². The van der Waals surface area contributed by atoms with Crippen LogP contribution in [0.1, 0.15) is 12.8 Å². The van der Waals surface area contributed by atoms with Gasteiger partial charge in [0.1, 0.15) is 0 Å². The summed E-state index contributed by atoms with van der Waals surface area (Å²) in [5, 5.41) is 18.0. The number of hydrogen-bond acceptors (Lipinski definition) is 2. The Bertz CT molecular complexity index is 133. The van der Waals surface area contributed by atoms with Crippen LogP contribution in [0.4, 0.5) is 0 Å². The summed E-state index contributed by atoms with van der Waals surface area (Å²) in [4.78, 5) is 0. The van der Waals surface area contributed by atoms with Crippen molar-refractivity contribution < 1.29 is 10.2 Å². The maximum Gasteiger partial charge on any atom is 0.0990 e. The molecule has 0 aliphatic heterocycles. The summed E-state index contributed by atoms with van der Waals surface area (Å²) in [6.45, 7) is 0. The van der Waals surface area contributed by atoms with Crippen molar-refractivity contribution in [2.45, 2.75) is 25.0 Å². The minimum Gasteiger partial charge on any atom is -0.390 e. The van der Waals surface area contributed by atoms with Gasteiger partial charge in [-0.2, -0.15) is 0 Å². The van der Waals surface area contributed by atoms with Gasteiger partial charge in [0.2, 0.25) is 0 Å². The molecule has 52 valence electrons. The third-order valence-corrected chi connectivity index (χ3v) is 2.09. The summed E-state index contributed by atoms with van der Waals surface area (Å²) in [5.74, 6) is 0. The lowest BCUT2D eigenvalue weighted by molar-refractivity contribution is 0.0385. The number of hydrogen-bond donors (Lipinski definition) is 2. The topological polar surface area (TPSA) is 40.5 Å². The number of aliphatic hydroxyl groups is 2. The lowest BCUT2D eigenvalue weighted by Crippen LogP contribution is -2.26. The summed E-state index contributed by atoms with van der Waals surface area (Å²) in [5.41, 5.74) is 0. The van der Waals surface area contributed by atoms with Crippen molar-refractivity contribution >= 4 is 15.9 Å². The van der Waals surface area contributed by atoms with Crippen molar-refractivity contribution in [3.8, 4) is 0 Å². The van der Waals surface area contributed by atoms with E-state index in [2.05, 4.69) is 15.9 Å². The molecule has 2 atom stereocenters. The summed E-state index contributed by atoms with van der Waals surface area (Å²) in [7, 11) is 0. The highest BCUT2D eigenvalue weighted by Crippen LogP contribution is 2.22. The Labute approximate surface area is 62.3 Å². The average molecular weight is 193 g/mol. The smallest absolute Gasteiger partial charge is 0.0990 e. The Kier molecular flexibility index (Phi) is 2.27. The Morgan fingerprint density at radius 2 is 2.22 bits per heavy atom. The predicted octanol–water partition coefficient (Wildman–Crippen LogP) is 0.781. The highest BCUT2D eigenvalue weighted by Gasteiger charge is 2.18. The van der Waals surface area contributed by atoms with Crippen LogP contribution >= 0.6 is 15.9 Å². The van der Waals surface area contributed by atoms with E-state index in [-0.39, 0.29) is 0 Å². The second-order valence-electron chi connectivity index (χ2n) is 2.21. The molecule has 0 amide bonds. The molecule has 2 N–H and O–H groups in total. The van der Waals surface area contributed by atoms with Crippen LogP contribution in [0.2, 0.25) is 0 Å². The van der Waals surface area contributed by atoms with Crippen LogP contribution in [0.5, 0.6) is 0 Å². The van der Waals surface area contributed by atoms with E-state index in [0.717, 1.165) is 10.9 Å². The van der Waals surface area contributed by atoms with Crippen molar-refractivity contribution in [1.82, 2.24) is 0 Å². The van der Waals surface area contributed by atoms with Gasteiger partial charge in [-0.3, -0.25) is 0 Å². The minimum atomic E-state index is -0.673. The summed E-state index contributed by atoms with van der Waals surface area (Å²) >= 11 is 3.25. The molecule has 3 heteroatoms. The average Bonchev–Trinajstić information content (AvgIpc) is 1.80. The molecule has 0 spiro atoms. The first-order valence-electron chi connectivity index (χ1n) is 2.92. The van der Waals surface area contributed by atoms with Gasteiger partial charge < -0.3 is 10.2 Å². The van der Waals surface area contributed by atoms with E-state index in [1.165, 1.54) is 0 Å². The normalized spacial score (nSPS) is 36.1. The first-order valence-corrected chi connectivity index (χ1v) is 3.72. The zero-order valence-corrected chi connectivity index (χ0v) is 6.50. The largest absolute Gasteiger partial charge is 0.390 e. The SMILES string of the molecule is O[C@@H]1C=C(Br)CC[C@H]1O. The van der Waals surface area contributed by atoms with E-state index in [1.54, 1.807) is 6.08 Å². The van der Waals surface area contributed by atoms with E-state index in [0.29, 0.717) is 6.42 Å². The Hall–Kier alpha value is 0.140. The van der Waals surface area contributed by atoms with Crippen LogP contribution in [0.3, 0.4) is 0 Å². The molecule has 0 saturated carbocycles. The first kappa shape index (κ1) is 7.25. The molecule has 0 aromatic heterocycles. The van der Waals surface area contributed by atoms with E-state index < -0.39 is 12.2 Å². The summed E-state index contributed by atoms with van der Waals surface area (Å²) in [6, 6.07) is 0. The third-order valence-electron chi connectivity index (χ3n) is 1.42. The molecule has 0 unspecified atom stereocenters. The Morgan fingerprint density at radius 1 is 1.56 bits per heavy atom. The maximum atomic E-state index is 8.99. The highest BCUT2D eigenvalue weighted by atomic mass is 79.9. The maximum absolute atomic E-state index is 8.99. The zero-order valence-electron chi connectivity index (χ0n) is 4.92. The number of allylic oxidation sites excluding steroid dienone is 1. The third kappa shape index (κ3) is 1.78. The Balaban J connectivity index is 2.58. The van der Waals surface area contributed by atoms with Gasteiger partial charge in [0, 0.05) is 0 Å². The van der Waals surface area contributed by atoms with Gasteiger partial charge in [-0.1, -0.05) is 15.9 Å². The molecule has 0 heterocycles. The molecule has 0 saturated heterocycles. The molecule has 0 aromatic carbocycles. The van der Waals surface area contributed by atoms with Gasteiger partial charge in [0.05, 0.1) is 12.2 Å². The van der Waals surface area contributed by atoms with Crippen LogP contribution < -0.4 is 0 Å². The van der Waals surface area contributed by atoms with Gasteiger partial charge in [0.15, 0.2) is 0 Å². The van der Waals surface area contributed by atoms with Gasteiger partial charge in [0.25, 0.3) is 0 Å². The van der Waals surface area contributed by atoms with E-state index in [9.17, 15) is 0 Å². The van der Waals surface area contributed by atoms with Crippen molar-refractivity contribution in [2.75, 3.05) is 0 Å². The van der Waals surface area contributed by atoms with Gasteiger partial charge in [-0.05, 0) is 23.4 Å². The van der Waals surface area contributed by atoms with Gasteiger partial charge in [-0.15, -0.1) is 0 Å². The van der Waals surface area contributed by atoms with Crippen molar-refractivity contribution in [1.29, 1.82) is 0 Å². The molecule has 0 aromatic rings. The lowest BCUT2D eigenvalue weighted by atomic mass is 10.0. The lowest BCUT2D eigenvalue weighted by Gasteiger charge is -2.19. The molecule has 0 fully saturated rings. The number of halogens is 1.